The summed E-state index contributed by atoms with van der Waals surface area (Å²) in [4.78, 5) is 0. The number of ether oxygens (including phenoxy) is 2. The van der Waals surface area contributed by atoms with Gasteiger partial charge >= 0.3 is 0 Å². The summed E-state index contributed by atoms with van der Waals surface area (Å²) in [6.45, 7) is 2.25. The Kier molecular flexibility index (Phi) is 2.94. The Morgan fingerprint density at radius 1 is 1.50 bits per heavy atom. The molecule has 2 heterocycles. The lowest BCUT2D eigenvalue weighted by Crippen LogP contribution is -2.47. The summed E-state index contributed by atoms with van der Waals surface area (Å²) in [7, 11) is 1.67. The van der Waals surface area contributed by atoms with Crippen LogP contribution in [0.2, 0.25) is 0 Å². The molecule has 1 spiro atoms. The SMILES string of the molecule is COc1ccc2c(c1)OC1(CCSC1C)C[C@H]2N. The van der Waals surface area contributed by atoms with E-state index in [1.807, 2.05) is 30.0 Å². The van der Waals surface area contributed by atoms with Crippen LogP contribution in [0.3, 0.4) is 0 Å². The molecular weight excluding hydrogens is 246 g/mol. The van der Waals surface area contributed by atoms with Crippen LogP contribution in [0.5, 0.6) is 11.5 Å². The van der Waals surface area contributed by atoms with Crippen LogP contribution in [0.15, 0.2) is 18.2 Å². The number of benzene rings is 1. The molecule has 1 aromatic carbocycles. The minimum atomic E-state index is -0.0799. The quantitative estimate of drug-likeness (QED) is 0.848. The van der Waals surface area contributed by atoms with Gasteiger partial charge in [0.15, 0.2) is 0 Å². The first-order valence-corrected chi connectivity index (χ1v) is 7.44. The first-order chi connectivity index (χ1) is 8.64. The number of methoxy groups -OCH3 is 1. The van der Waals surface area contributed by atoms with E-state index in [0.717, 1.165) is 35.7 Å². The van der Waals surface area contributed by atoms with Crippen LogP contribution in [0.1, 0.15) is 31.4 Å². The average Bonchev–Trinajstić information content (AvgIpc) is 2.69. The van der Waals surface area contributed by atoms with Crippen LogP contribution >= 0.6 is 11.8 Å². The molecule has 3 atom stereocenters. The Balaban J connectivity index is 1.99. The van der Waals surface area contributed by atoms with Crippen LogP contribution in [0.4, 0.5) is 0 Å². The predicted octanol–water partition coefficient (Wildman–Crippen LogP) is 2.74. The smallest absolute Gasteiger partial charge is 0.128 e. The lowest BCUT2D eigenvalue weighted by Gasteiger charge is -2.41. The van der Waals surface area contributed by atoms with E-state index in [4.69, 9.17) is 15.2 Å². The molecule has 1 aromatic rings. The summed E-state index contributed by atoms with van der Waals surface area (Å²) in [5.41, 5.74) is 7.35. The highest BCUT2D eigenvalue weighted by molar-refractivity contribution is 8.00. The fraction of sp³-hybridized carbons (Fsp3) is 0.571. The van der Waals surface area contributed by atoms with E-state index < -0.39 is 0 Å². The van der Waals surface area contributed by atoms with E-state index in [1.165, 1.54) is 0 Å². The van der Waals surface area contributed by atoms with Crippen LogP contribution in [-0.2, 0) is 0 Å². The standard InChI is InChI=1S/C14H19NO2S/c1-9-14(5-6-18-9)8-12(15)11-4-3-10(16-2)7-13(11)17-14/h3-4,7,9,12H,5-6,8,15H2,1-2H3/t9?,12-,14?/m1/s1. The molecule has 4 heteroatoms. The molecule has 2 unspecified atom stereocenters. The maximum Gasteiger partial charge on any atom is 0.128 e. The molecule has 98 valence electrons. The van der Waals surface area contributed by atoms with Gasteiger partial charge in [-0.15, -0.1) is 0 Å². The highest BCUT2D eigenvalue weighted by Gasteiger charge is 2.47. The van der Waals surface area contributed by atoms with Crippen molar-refractivity contribution in [3.8, 4) is 11.5 Å². The van der Waals surface area contributed by atoms with Crippen molar-refractivity contribution >= 4 is 11.8 Å². The van der Waals surface area contributed by atoms with Gasteiger partial charge in [-0.25, -0.2) is 0 Å². The van der Waals surface area contributed by atoms with Gasteiger partial charge in [0.1, 0.15) is 17.1 Å². The maximum absolute atomic E-state index is 6.32. The minimum Gasteiger partial charge on any atom is -0.497 e. The Morgan fingerprint density at radius 2 is 2.33 bits per heavy atom. The third kappa shape index (κ3) is 1.79. The number of hydrogen-bond donors (Lipinski definition) is 1. The maximum atomic E-state index is 6.32. The van der Waals surface area contributed by atoms with Crippen molar-refractivity contribution in [1.29, 1.82) is 0 Å². The molecule has 0 amide bonds. The molecule has 1 fully saturated rings. The zero-order chi connectivity index (χ0) is 12.8. The molecule has 2 N–H and O–H groups in total. The van der Waals surface area contributed by atoms with Gasteiger partial charge in [-0.05, 0) is 25.2 Å². The van der Waals surface area contributed by atoms with E-state index in [0.29, 0.717) is 5.25 Å². The average molecular weight is 265 g/mol. The topological polar surface area (TPSA) is 44.5 Å². The Bertz CT molecular complexity index is 465. The fourth-order valence-corrected chi connectivity index (χ4v) is 4.33. The van der Waals surface area contributed by atoms with Crippen LogP contribution in [0, 0.1) is 0 Å². The molecule has 0 radical (unpaired) electrons. The second-order valence-corrected chi connectivity index (χ2v) is 6.59. The van der Waals surface area contributed by atoms with Crippen molar-refractivity contribution in [2.24, 2.45) is 5.73 Å². The summed E-state index contributed by atoms with van der Waals surface area (Å²) in [6.07, 6.45) is 2.00. The van der Waals surface area contributed by atoms with E-state index in [1.54, 1.807) is 7.11 Å². The molecule has 0 aromatic heterocycles. The van der Waals surface area contributed by atoms with Gasteiger partial charge in [-0.1, -0.05) is 6.07 Å². The van der Waals surface area contributed by atoms with E-state index in [9.17, 15) is 0 Å². The number of nitrogens with two attached hydrogens (primary N) is 1. The van der Waals surface area contributed by atoms with Crippen LogP contribution in [-0.4, -0.2) is 23.7 Å². The Morgan fingerprint density at radius 3 is 3.00 bits per heavy atom. The highest BCUT2D eigenvalue weighted by Crippen LogP contribution is 2.49. The van der Waals surface area contributed by atoms with Gasteiger partial charge in [0.25, 0.3) is 0 Å². The zero-order valence-corrected chi connectivity index (χ0v) is 11.6. The monoisotopic (exact) mass is 265 g/mol. The molecule has 2 aliphatic rings. The molecule has 0 aliphatic carbocycles. The number of hydrogen-bond acceptors (Lipinski definition) is 4. The number of rotatable bonds is 1. The van der Waals surface area contributed by atoms with Gasteiger partial charge < -0.3 is 15.2 Å². The fourth-order valence-electron chi connectivity index (χ4n) is 2.94. The van der Waals surface area contributed by atoms with Crippen molar-refractivity contribution in [2.75, 3.05) is 12.9 Å². The van der Waals surface area contributed by atoms with Gasteiger partial charge in [0.05, 0.1) is 7.11 Å². The Labute approximate surface area is 112 Å². The van der Waals surface area contributed by atoms with Gasteiger partial charge in [0, 0.05) is 29.3 Å². The first kappa shape index (κ1) is 12.2. The van der Waals surface area contributed by atoms with E-state index in [-0.39, 0.29) is 11.6 Å². The largest absolute Gasteiger partial charge is 0.497 e. The lowest BCUT2D eigenvalue weighted by molar-refractivity contribution is 0.0408. The second-order valence-electron chi connectivity index (χ2n) is 5.14. The summed E-state index contributed by atoms with van der Waals surface area (Å²) in [5, 5.41) is 0.503. The summed E-state index contributed by atoms with van der Waals surface area (Å²) < 4.78 is 11.6. The first-order valence-electron chi connectivity index (χ1n) is 6.39. The molecule has 2 aliphatic heterocycles. The Hall–Kier alpha value is -0.870. The van der Waals surface area contributed by atoms with Crippen LogP contribution in [0.25, 0.3) is 0 Å². The summed E-state index contributed by atoms with van der Waals surface area (Å²) in [6, 6.07) is 6.01. The van der Waals surface area contributed by atoms with Gasteiger partial charge in [-0.2, -0.15) is 11.8 Å². The van der Waals surface area contributed by atoms with Crippen molar-refractivity contribution in [2.45, 2.75) is 36.7 Å². The normalized spacial score (nSPS) is 34.2. The predicted molar refractivity (Wildman–Crippen MR) is 74.4 cm³/mol. The molecular formula is C14H19NO2S. The molecule has 3 rings (SSSR count). The third-order valence-corrected chi connectivity index (χ3v) is 5.50. The van der Waals surface area contributed by atoms with Gasteiger partial charge in [-0.3, -0.25) is 0 Å². The van der Waals surface area contributed by atoms with E-state index in [2.05, 4.69) is 6.92 Å². The second kappa shape index (κ2) is 4.35. The molecule has 1 saturated heterocycles. The summed E-state index contributed by atoms with van der Waals surface area (Å²) in [5.74, 6) is 2.89. The number of thioether (sulfide) groups is 1. The molecule has 3 nitrogen and oxygen atoms in total. The minimum absolute atomic E-state index is 0.0702. The third-order valence-electron chi connectivity index (χ3n) is 4.13. The number of fused-ring (bicyclic) bond motifs is 1. The summed E-state index contributed by atoms with van der Waals surface area (Å²) >= 11 is 1.98. The zero-order valence-electron chi connectivity index (χ0n) is 10.8. The van der Waals surface area contributed by atoms with Crippen molar-refractivity contribution < 1.29 is 9.47 Å². The molecule has 0 saturated carbocycles. The van der Waals surface area contributed by atoms with E-state index >= 15 is 0 Å². The van der Waals surface area contributed by atoms with Crippen molar-refractivity contribution in [3.05, 3.63) is 23.8 Å². The van der Waals surface area contributed by atoms with Gasteiger partial charge in [0.2, 0.25) is 0 Å². The molecule has 18 heavy (non-hydrogen) atoms. The van der Waals surface area contributed by atoms with Crippen molar-refractivity contribution in [1.82, 2.24) is 0 Å². The lowest BCUT2D eigenvalue weighted by atomic mass is 9.84. The van der Waals surface area contributed by atoms with Crippen LogP contribution < -0.4 is 15.2 Å². The van der Waals surface area contributed by atoms with Crippen molar-refractivity contribution in [3.63, 3.8) is 0 Å². The highest BCUT2D eigenvalue weighted by atomic mass is 32.2. The molecule has 0 bridgehead atoms.